The van der Waals surface area contributed by atoms with Crippen molar-refractivity contribution in [1.29, 1.82) is 0 Å². The number of carbonyl (C=O) groups is 1. The summed E-state index contributed by atoms with van der Waals surface area (Å²) >= 11 is 6.83. The van der Waals surface area contributed by atoms with Crippen LogP contribution < -0.4 is 5.48 Å². The molecule has 0 aromatic heterocycles. The molecule has 0 aliphatic rings. The van der Waals surface area contributed by atoms with Gasteiger partial charge in [0.15, 0.2) is 6.61 Å². The van der Waals surface area contributed by atoms with Crippen LogP contribution in [0.2, 0.25) is 5.02 Å². The fourth-order valence-electron chi connectivity index (χ4n) is 0.908. The van der Waals surface area contributed by atoms with E-state index in [9.17, 15) is 18.0 Å². The van der Waals surface area contributed by atoms with Crippen molar-refractivity contribution in [2.75, 3.05) is 12.4 Å². The lowest BCUT2D eigenvalue weighted by atomic mass is 10.4. The molecular weight excluding hydrogens is 291 g/mol. The van der Waals surface area contributed by atoms with E-state index in [1.807, 2.05) is 0 Å². The van der Waals surface area contributed by atoms with Crippen molar-refractivity contribution in [2.24, 2.45) is 0 Å². The van der Waals surface area contributed by atoms with Gasteiger partial charge >= 0.3 is 6.18 Å². The molecule has 1 amide bonds. The number of benzene rings is 1. The van der Waals surface area contributed by atoms with Gasteiger partial charge in [-0.05, 0) is 24.3 Å². The molecule has 0 fully saturated rings. The number of hydrogen-bond donors (Lipinski definition) is 1. The standard InChI is InChI=1S/C10H9ClF3NO2S/c11-7-1-3-8(4-2-7)18-5-9(16)15-17-6-10(12,13)14/h1-4H,5-6H2,(H,15,16). The molecule has 0 saturated carbocycles. The second-order valence-corrected chi connectivity index (χ2v) is 4.66. The molecular formula is C10H9ClF3NO2S. The summed E-state index contributed by atoms with van der Waals surface area (Å²) in [4.78, 5) is 15.9. The Morgan fingerprint density at radius 3 is 2.50 bits per heavy atom. The Hall–Kier alpha value is -0.920. The highest BCUT2D eigenvalue weighted by molar-refractivity contribution is 8.00. The first-order valence-corrected chi connectivity index (χ1v) is 6.09. The summed E-state index contributed by atoms with van der Waals surface area (Å²) in [5, 5.41) is 0.567. The van der Waals surface area contributed by atoms with Crippen LogP contribution in [-0.2, 0) is 9.63 Å². The van der Waals surface area contributed by atoms with Crippen molar-refractivity contribution >= 4 is 29.3 Å². The maximum atomic E-state index is 11.7. The third-order valence-corrected chi connectivity index (χ3v) is 2.87. The SMILES string of the molecule is O=C(CSc1ccc(Cl)cc1)NOCC(F)(F)F. The quantitative estimate of drug-likeness (QED) is 0.671. The van der Waals surface area contributed by atoms with Crippen molar-refractivity contribution in [2.45, 2.75) is 11.1 Å². The number of alkyl halides is 3. The molecule has 0 bridgehead atoms. The molecule has 0 aliphatic carbocycles. The molecule has 1 aromatic rings. The number of carbonyl (C=O) groups excluding carboxylic acids is 1. The third-order valence-electron chi connectivity index (χ3n) is 1.61. The van der Waals surface area contributed by atoms with Gasteiger partial charge in [-0.1, -0.05) is 11.6 Å². The molecule has 18 heavy (non-hydrogen) atoms. The summed E-state index contributed by atoms with van der Waals surface area (Å²) in [5.41, 5.74) is 1.71. The highest BCUT2D eigenvalue weighted by atomic mass is 35.5. The Morgan fingerprint density at radius 1 is 1.33 bits per heavy atom. The average molecular weight is 300 g/mol. The molecule has 0 spiro atoms. The van der Waals surface area contributed by atoms with Crippen LogP contribution in [-0.4, -0.2) is 24.4 Å². The van der Waals surface area contributed by atoms with Gasteiger partial charge in [-0.3, -0.25) is 9.63 Å². The molecule has 1 rings (SSSR count). The van der Waals surface area contributed by atoms with Crippen LogP contribution in [0.4, 0.5) is 13.2 Å². The fraction of sp³-hybridized carbons (Fsp3) is 0.300. The number of halogens is 4. The Kier molecular flexibility index (Phi) is 5.77. The lowest BCUT2D eigenvalue weighted by Crippen LogP contribution is -2.30. The third kappa shape index (κ3) is 6.73. The van der Waals surface area contributed by atoms with E-state index in [1.54, 1.807) is 29.7 Å². The largest absolute Gasteiger partial charge is 0.414 e. The molecule has 0 aliphatic heterocycles. The first kappa shape index (κ1) is 15.1. The Labute approximate surface area is 111 Å². The minimum absolute atomic E-state index is 0.0422. The maximum absolute atomic E-state index is 11.7. The predicted molar refractivity (Wildman–Crippen MR) is 62.3 cm³/mol. The van der Waals surface area contributed by atoms with Crippen molar-refractivity contribution < 1.29 is 22.8 Å². The van der Waals surface area contributed by atoms with Crippen molar-refractivity contribution in [3.05, 3.63) is 29.3 Å². The number of nitrogens with one attached hydrogen (secondary N) is 1. The number of amides is 1. The van der Waals surface area contributed by atoms with Gasteiger partial charge in [-0.15, -0.1) is 11.8 Å². The first-order chi connectivity index (χ1) is 8.37. The van der Waals surface area contributed by atoms with E-state index >= 15 is 0 Å². The minimum atomic E-state index is -4.46. The molecule has 100 valence electrons. The van der Waals surface area contributed by atoms with Crippen LogP contribution in [0.25, 0.3) is 0 Å². The lowest BCUT2D eigenvalue weighted by Gasteiger charge is -2.08. The van der Waals surface area contributed by atoms with E-state index in [-0.39, 0.29) is 5.75 Å². The van der Waals surface area contributed by atoms with Crippen molar-refractivity contribution in [3.63, 3.8) is 0 Å². The summed E-state index contributed by atoms with van der Waals surface area (Å²) < 4.78 is 35.1. The molecule has 8 heteroatoms. The molecule has 1 N–H and O–H groups in total. The van der Waals surface area contributed by atoms with Gasteiger partial charge in [0, 0.05) is 9.92 Å². The van der Waals surface area contributed by atoms with E-state index in [4.69, 9.17) is 11.6 Å². The second kappa shape index (κ2) is 6.86. The monoisotopic (exact) mass is 299 g/mol. The van der Waals surface area contributed by atoms with Gasteiger partial charge in [0.2, 0.25) is 0 Å². The van der Waals surface area contributed by atoms with E-state index < -0.39 is 18.7 Å². The Bertz CT molecular complexity index is 397. The van der Waals surface area contributed by atoms with E-state index in [2.05, 4.69) is 4.84 Å². The number of thioether (sulfide) groups is 1. The number of rotatable bonds is 5. The fourth-order valence-corrected chi connectivity index (χ4v) is 1.72. The zero-order valence-electron chi connectivity index (χ0n) is 8.96. The van der Waals surface area contributed by atoms with E-state index in [0.29, 0.717) is 5.02 Å². The summed E-state index contributed by atoms with van der Waals surface area (Å²) in [6.07, 6.45) is -4.46. The van der Waals surface area contributed by atoms with E-state index in [1.165, 1.54) is 0 Å². The van der Waals surface area contributed by atoms with Gasteiger partial charge in [0.1, 0.15) is 0 Å². The Morgan fingerprint density at radius 2 is 1.94 bits per heavy atom. The molecule has 0 heterocycles. The molecule has 0 saturated heterocycles. The summed E-state index contributed by atoms with van der Waals surface area (Å²) in [6, 6.07) is 6.72. The van der Waals surface area contributed by atoms with E-state index in [0.717, 1.165) is 16.7 Å². The normalized spacial score (nSPS) is 11.3. The van der Waals surface area contributed by atoms with Gasteiger partial charge < -0.3 is 0 Å². The predicted octanol–water partition coefficient (Wildman–Crippen LogP) is 3.04. The van der Waals surface area contributed by atoms with Gasteiger partial charge in [-0.2, -0.15) is 13.2 Å². The van der Waals surface area contributed by atoms with Gasteiger partial charge in [-0.25, -0.2) is 5.48 Å². The summed E-state index contributed by atoms with van der Waals surface area (Å²) in [6.45, 7) is -1.51. The maximum Gasteiger partial charge on any atom is 0.414 e. The van der Waals surface area contributed by atoms with Gasteiger partial charge in [0.25, 0.3) is 5.91 Å². The smallest absolute Gasteiger partial charge is 0.272 e. The van der Waals surface area contributed by atoms with Crippen LogP contribution in [0.5, 0.6) is 0 Å². The van der Waals surface area contributed by atoms with Crippen molar-refractivity contribution in [1.82, 2.24) is 5.48 Å². The van der Waals surface area contributed by atoms with Crippen LogP contribution in [0.15, 0.2) is 29.2 Å². The minimum Gasteiger partial charge on any atom is -0.272 e. The topological polar surface area (TPSA) is 38.3 Å². The highest BCUT2D eigenvalue weighted by Gasteiger charge is 2.28. The molecule has 1 aromatic carbocycles. The van der Waals surface area contributed by atoms with Crippen LogP contribution in [0.1, 0.15) is 0 Å². The zero-order valence-corrected chi connectivity index (χ0v) is 10.5. The molecule has 3 nitrogen and oxygen atoms in total. The Balaban J connectivity index is 2.23. The zero-order chi connectivity index (χ0) is 13.6. The lowest BCUT2D eigenvalue weighted by molar-refractivity contribution is -0.191. The van der Waals surface area contributed by atoms with Crippen LogP contribution in [0, 0.1) is 0 Å². The van der Waals surface area contributed by atoms with Gasteiger partial charge in [0.05, 0.1) is 5.75 Å². The second-order valence-electron chi connectivity index (χ2n) is 3.17. The van der Waals surface area contributed by atoms with Crippen LogP contribution in [0.3, 0.4) is 0 Å². The van der Waals surface area contributed by atoms with Crippen molar-refractivity contribution in [3.8, 4) is 0 Å². The number of hydroxylamine groups is 1. The highest BCUT2D eigenvalue weighted by Crippen LogP contribution is 2.20. The first-order valence-electron chi connectivity index (χ1n) is 4.72. The number of hydrogen-bond acceptors (Lipinski definition) is 3. The average Bonchev–Trinajstić information content (AvgIpc) is 2.26. The summed E-state index contributed by atoms with van der Waals surface area (Å²) in [5.74, 6) is -0.682. The molecule has 0 unspecified atom stereocenters. The molecule has 0 radical (unpaired) electrons. The summed E-state index contributed by atoms with van der Waals surface area (Å²) in [7, 11) is 0. The molecule has 0 atom stereocenters. The van der Waals surface area contributed by atoms with Crippen LogP contribution >= 0.6 is 23.4 Å².